The summed E-state index contributed by atoms with van der Waals surface area (Å²) in [5, 5.41) is 0. The number of ether oxygens (including phenoxy) is 1. The summed E-state index contributed by atoms with van der Waals surface area (Å²) >= 11 is 0. The molecule has 17 heavy (non-hydrogen) atoms. The van der Waals surface area contributed by atoms with Gasteiger partial charge in [-0.3, -0.25) is 4.79 Å². The lowest BCUT2D eigenvalue weighted by molar-refractivity contribution is -0.131. The smallest absolute Gasteiger partial charge is 0.225 e. The van der Waals surface area contributed by atoms with Crippen molar-refractivity contribution in [2.24, 2.45) is 5.92 Å². The number of methoxy groups -OCH3 is 1. The number of para-hydroxylation sites is 1. The normalized spacial score (nSPS) is 14.5. The molecule has 2 rings (SSSR count). The van der Waals surface area contributed by atoms with Crippen molar-refractivity contribution in [2.75, 3.05) is 20.7 Å². The zero-order valence-electron chi connectivity index (χ0n) is 10.5. The number of likely N-dealkylation sites (N-methyl/N-ethyl adjacent to an activating group) is 1. The maximum absolute atomic E-state index is 11.8. The van der Waals surface area contributed by atoms with Crippen molar-refractivity contribution in [3.63, 3.8) is 0 Å². The van der Waals surface area contributed by atoms with E-state index in [4.69, 9.17) is 4.74 Å². The van der Waals surface area contributed by atoms with Gasteiger partial charge in [0.25, 0.3) is 0 Å². The second-order valence-corrected chi connectivity index (χ2v) is 4.60. The maximum Gasteiger partial charge on any atom is 0.225 e. The SMILES string of the molecule is COc1ccccc1CCN(C)C(=O)C1CC1. The van der Waals surface area contributed by atoms with Crippen molar-refractivity contribution >= 4 is 5.91 Å². The zero-order chi connectivity index (χ0) is 12.3. The van der Waals surface area contributed by atoms with Gasteiger partial charge in [-0.2, -0.15) is 0 Å². The molecule has 0 spiro atoms. The van der Waals surface area contributed by atoms with Crippen molar-refractivity contribution in [1.29, 1.82) is 0 Å². The molecular formula is C14H19NO2. The molecule has 0 bridgehead atoms. The molecule has 3 nitrogen and oxygen atoms in total. The topological polar surface area (TPSA) is 29.5 Å². The molecule has 0 heterocycles. The van der Waals surface area contributed by atoms with Crippen LogP contribution in [-0.2, 0) is 11.2 Å². The molecule has 0 radical (unpaired) electrons. The number of amides is 1. The van der Waals surface area contributed by atoms with Gasteiger partial charge in [0.1, 0.15) is 5.75 Å². The van der Waals surface area contributed by atoms with Gasteiger partial charge in [0.2, 0.25) is 5.91 Å². The van der Waals surface area contributed by atoms with Crippen molar-refractivity contribution in [3.05, 3.63) is 29.8 Å². The Labute approximate surface area is 102 Å². The summed E-state index contributed by atoms with van der Waals surface area (Å²) in [5.74, 6) is 1.50. The van der Waals surface area contributed by atoms with Crippen molar-refractivity contribution in [2.45, 2.75) is 19.3 Å². The minimum Gasteiger partial charge on any atom is -0.496 e. The summed E-state index contributed by atoms with van der Waals surface area (Å²) < 4.78 is 5.29. The summed E-state index contributed by atoms with van der Waals surface area (Å²) in [7, 11) is 3.56. The Morgan fingerprint density at radius 1 is 1.41 bits per heavy atom. The Balaban J connectivity index is 1.90. The fourth-order valence-corrected chi connectivity index (χ4v) is 1.95. The first-order valence-electron chi connectivity index (χ1n) is 6.09. The fraction of sp³-hybridized carbons (Fsp3) is 0.500. The second-order valence-electron chi connectivity index (χ2n) is 4.60. The molecule has 1 amide bonds. The van der Waals surface area contributed by atoms with E-state index in [9.17, 15) is 4.79 Å². The number of carbonyl (C=O) groups is 1. The van der Waals surface area contributed by atoms with E-state index < -0.39 is 0 Å². The second kappa shape index (κ2) is 5.21. The first-order valence-corrected chi connectivity index (χ1v) is 6.09. The molecule has 0 saturated heterocycles. The predicted molar refractivity (Wildman–Crippen MR) is 67.1 cm³/mol. The van der Waals surface area contributed by atoms with Gasteiger partial charge in [-0.25, -0.2) is 0 Å². The predicted octanol–water partition coefficient (Wildman–Crippen LogP) is 2.11. The van der Waals surface area contributed by atoms with Gasteiger partial charge < -0.3 is 9.64 Å². The van der Waals surface area contributed by atoms with Crippen LogP contribution in [0.15, 0.2) is 24.3 Å². The zero-order valence-corrected chi connectivity index (χ0v) is 10.5. The number of hydrogen-bond donors (Lipinski definition) is 0. The van der Waals surface area contributed by atoms with Gasteiger partial charge in [0.15, 0.2) is 0 Å². The number of benzene rings is 1. The highest BCUT2D eigenvalue weighted by atomic mass is 16.5. The molecule has 92 valence electrons. The van der Waals surface area contributed by atoms with E-state index >= 15 is 0 Å². The van der Waals surface area contributed by atoms with Crippen LogP contribution in [0.5, 0.6) is 5.75 Å². The minimum absolute atomic E-state index is 0.292. The Hall–Kier alpha value is -1.51. The van der Waals surface area contributed by atoms with E-state index in [0.717, 1.165) is 37.1 Å². The first-order chi connectivity index (χ1) is 8.22. The van der Waals surface area contributed by atoms with Crippen LogP contribution in [-0.4, -0.2) is 31.5 Å². The summed E-state index contributed by atoms with van der Waals surface area (Å²) in [6.07, 6.45) is 2.98. The Kier molecular flexibility index (Phi) is 3.67. The quantitative estimate of drug-likeness (QED) is 0.779. The van der Waals surface area contributed by atoms with E-state index in [1.165, 1.54) is 0 Å². The molecule has 1 aliphatic rings. The molecule has 0 aromatic heterocycles. The molecule has 1 aromatic carbocycles. The highest BCUT2D eigenvalue weighted by Crippen LogP contribution is 2.30. The van der Waals surface area contributed by atoms with Gasteiger partial charge in [0, 0.05) is 19.5 Å². The fourth-order valence-electron chi connectivity index (χ4n) is 1.95. The molecule has 0 atom stereocenters. The third kappa shape index (κ3) is 2.99. The van der Waals surface area contributed by atoms with Crippen LogP contribution in [0.2, 0.25) is 0 Å². The van der Waals surface area contributed by atoms with Crippen molar-refractivity contribution in [3.8, 4) is 5.75 Å². The van der Waals surface area contributed by atoms with E-state index in [-0.39, 0.29) is 0 Å². The number of hydrogen-bond acceptors (Lipinski definition) is 2. The summed E-state index contributed by atoms with van der Waals surface area (Å²) in [4.78, 5) is 13.6. The summed E-state index contributed by atoms with van der Waals surface area (Å²) in [6.45, 7) is 0.760. The number of rotatable bonds is 5. The number of nitrogens with zero attached hydrogens (tertiary/aromatic N) is 1. The minimum atomic E-state index is 0.292. The third-order valence-electron chi connectivity index (χ3n) is 3.21. The standard InChI is InChI=1S/C14H19NO2/c1-15(14(16)12-7-8-12)10-9-11-5-3-4-6-13(11)17-2/h3-6,12H,7-10H2,1-2H3. The van der Waals surface area contributed by atoms with E-state index in [2.05, 4.69) is 0 Å². The van der Waals surface area contributed by atoms with Crippen molar-refractivity contribution in [1.82, 2.24) is 4.90 Å². The molecule has 0 unspecified atom stereocenters. The van der Waals surface area contributed by atoms with Crippen molar-refractivity contribution < 1.29 is 9.53 Å². The van der Waals surface area contributed by atoms with Gasteiger partial charge in [0.05, 0.1) is 7.11 Å². The van der Waals surface area contributed by atoms with Gasteiger partial charge in [-0.1, -0.05) is 18.2 Å². The first kappa shape index (κ1) is 12.0. The summed E-state index contributed by atoms with van der Waals surface area (Å²) in [6, 6.07) is 7.97. The average molecular weight is 233 g/mol. The molecule has 3 heteroatoms. The van der Waals surface area contributed by atoms with Gasteiger partial charge >= 0.3 is 0 Å². The van der Waals surface area contributed by atoms with Crippen LogP contribution in [0, 0.1) is 5.92 Å². The van der Waals surface area contributed by atoms with E-state index in [1.54, 1.807) is 7.11 Å². The van der Waals surface area contributed by atoms with E-state index in [0.29, 0.717) is 11.8 Å². The lowest BCUT2D eigenvalue weighted by atomic mass is 10.1. The van der Waals surface area contributed by atoms with Crippen LogP contribution in [0.1, 0.15) is 18.4 Å². The molecule has 1 aromatic rings. The number of carbonyl (C=O) groups excluding carboxylic acids is 1. The molecule has 0 N–H and O–H groups in total. The Bertz CT molecular complexity index is 399. The highest BCUT2D eigenvalue weighted by Gasteiger charge is 2.31. The maximum atomic E-state index is 11.8. The summed E-state index contributed by atoms with van der Waals surface area (Å²) in [5.41, 5.74) is 1.16. The van der Waals surface area contributed by atoms with Crippen LogP contribution >= 0.6 is 0 Å². The lowest BCUT2D eigenvalue weighted by Gasteiger charge is -2.17. The third-order valence-corrected chi connectivity index (χ3v) is 3.21. The monoisotopic (exact) mass is 233 g/mol. The molecule has 1 saturated carbocycles. The molecule has 1 aliphatic carbocycles. The van der Waals surface area contributed by atoms with Crippen LogP contribution in [0.3, 0.4) is 0 Å². The molecule has 1 fully saturated rings. The van der Waals surface area contributed by atoms with Crippen LogP contribution in [0.4, 0.5) is 0 Å². The van der Waals surface area contributed by atoms with E-state index in [1.807, 2.05) is 36.2 Å². The largest absolute Gasteiger partial charge is 0.496 e. The Morgan fingerprint density at radius 3 is 2.76 bits per heavy atom. The Morgan fingerprint density at radius 2 is 2.12 bits per heavy atom. The highest BCUT2D eigenvalue weighted by molar-refractivity contribution is 5.80. The molecule has 0 aliphatic heterocycles. The average Bonchev–Trinajstić information content (AvgIpc) is 3.19. The van der Waals surface area contributed by atoms with Gasteiger partial charge in [-0.05, 0) is 30.9 Å². The van der Waals surface area contributed by atoms with Crippen LogP contribution < -0.4 is 4.74 Å². The lowest BCUT2D eigenvalue weighted by Crippen LogP contribution is -2.30. The van der Waals surface area contributed by atoms with Gasteiger partial charge in [-0.15, -0.1) is 0 Å². The van der Waals surface area contributed by atoms with Crippen LogP contribution in [0.25, 0.3) is 0 Å². The molecular weight excluding hydrogens is 214 g/mol.